The summed E-state index contributed by atoms with van der Waals surface area (Å²) in [6, 6.07) is 0. The molecule has 5 heteroatoms. The van der Waals surface area contributed by atoms with Gasteiger partial charge in [-0.2, -0.15) is 0 Å². The lowest BCUT2D eigenvalue weighted by molar-refractivity contribution is -0.144. The number of ketones is 1. The zero-order valence-corrected chi connectivity index (χ0v) is 21.7. The van der Waals surface area contributed by atoms with Gasteiger partial charge in [-0.25, -0.2) is 0 Å². The van der Waals surface area contributed by atoms with Crippen molar-refractivity contribution in [1.29, 1.82) is 0 Å². The van der Waals surface area contributed by atoms with Gasteiger partial charge in [0.15, 0.2) is 5.78 Å². The summed E-state index contributed by atoms with van der Waals surface area (Å²) >= 11 is 0. The number of carbonyl (C=O) groups excluding carboxylic acids is 1. The van der Waals surface area contributed by atoms with E-state index in [0.717, 1.165) is 30.6 Å². The Morgan fingerprint density at radius 3 is 1.31 bits per heavy atom. The number of rotatable bonds is 21. The lowest BCUT2D eigenvalue weighted by Gasteiger charge is -2.31. The summed E-state index contributed by atoms with van der Waals surface area (Å²) in [7, 11) is 0. The van der Waals surface area contributed by atoms with E-state index in [-0.39, 0.29) is 6.42 Å². The Kier molecular flexibility index (Phi) is 17.6. The molecule has 0 fully saturated rings. The van der Waals surface area contributed by atoms with Crippen molar-refractivity contribution in [1.82, 2.24) is 0 Å². The lowest BCUT2D eigenvalue weighted by atomic mass is 9.81. The molecular formula is C27H54O5. The van der Waals surface area contributed by atoms with E-state index in [4.69, 9.17) is 0 Å². The van der Waals surface area contributed by atoms with E-state index < -0.39 is 37.1 Å². The summed E-state index contributed by atoms with van der Waals surface area (Å²) < 4.78 is 0. The molecule has 0 aliphatic heterocycles. The zero-order chi connectivity index (χ0) is 24.6. The van der Waals surface area contributed by atoms with E-state index in [0.29, 0.717) is 12.3 Å². The molecule has 0 aromatic rings. The third-order valence-corrected chi connectivity index (χ3v) is 7.22. The average Bonchev–Trinajstić information content (AvgIpc) is 2.74. The van der Waals surface area contributed by atoms with Gasteiger partial charge in [-0.15, -0.1) is 0 Å². The first-order valence-corrected chi connectivity index (χ1v) is 13.1. The Labute approximate surface area is 198 Å². The van der Waals surface area contributed by atoms with Crippen LogP contribution in [0.5, 0.6) is 0 Å². The predicted molar refractivity (Wildman–Crippen MR) is 132 cm³/mol. The van der Waals surface area contributed by atoms with E-state index in [1.54, 1.807) is 0 Å². The van der Waals surface area contributed by atoms with Crippen LogP contribution < -0.4 is 0 Å². The zero-order valence-electron chi connectivity index (χ0n) is 21.7. The van der Waals surface area contributed by atoms with Crippen LogP contribution in [0.25, 0.3) is 0 Å². The van der Waals surface area contributed by atoms with E-state index in [2.05, 4.69) is 34.6 Å². The van der Waals surface area contributed by atoms with Crippen molar-refractivity contribution in [3.8, 4) is 0 Å². The maximum absolute atomic E-state index is 12.2. The molecule has 4 unspecified atom stereocenters. The first-order valence-electron chi connectivity index (χ1n) is 13.1. The van der Waals surface area contributed by atoms with Crippen molar-refractivity contribution in [2.45, 2.75) is 118 Å². The van der Waals surface area contributed by atoms with Crippen LogP contribution >= 0.6 is 0 Å². The van der Waals surface area contributed by atoms with Gasteiger partial charge in [0.2, 0.25) is 0 Å². The largest absolute Gasteiger partial charge is 0.395 e. The summed E-state index contributed by atoms with van der Waals surface area (Å²) in [5, 5.41) is 38.2. The topological polar surface area (TPSA) is 98.0 Å². The van der Waals surface area contributed by atoms with Crippen LogP contribution in [-0.4, -0.2) is 52.1 Å². The van der Waals surface area contributed by atoms with E-state index in [9.17, 15) is 25.2 Å². The second-order valence-electron chi connectivity index (χ2n) is 11.1. The summed E-state index contributed by atoms with van der Waals surface area (Å²) in [6.45, 7) is 9.70. The molecular weight excluding hydrogens is 404 g/mol. The van der Waals surface area contributed by atoms with Gasteiger partial charge in [-0.3, -0.25) is 4.79 Å². The molecule has 0 saturated carbocycles. The first kappa shape index (κ1) is 31.5. The lowest BCUT2D eigenvalue weighted by Crippen LogP contribution is -2.49. The van der Waals surface area contributed by atoms with E-state index in [1.165, 1.54) is 51.4 Å². The third kappa shape index (κ3) is 13.3. The standard InChI is InChI=1S/C27H54O5/c1-21(2)10-6-11-22(3)12-7-13-23(4)14-8-15-24(5)16-9-17-25(31)26(32)27(18-28,19-29)20-30/h21-24,26,28-30,32H,6-20H2,1-5H3. The molecule has 32 heavy (non-hydrogen) atoms. The van der Waals surface area contributed by atoms with Crippen molar-refractivity contribution < 1.29 is 25.2 Å². The van der Waals surface area contributed by atoms with Crippen molar-refractivity contribution in [3.05, 3.63) is 0 Å². The molecule has 0 aliphatic rings. The number of Topliss-reactive ketones (excluding diaryl/α,β-unsaturated/α-hetero) is 1. The van der Waals surface area contributed by atoms with Gasteiger partial charge in [0.1, 0.15) is 6.10 Å². The van der Waals surface area contributed by atoms with Crippen molar-refractivity contribution >= 4 is 5.78 Å². The SMILES string of the molecule is CC(C)CCCC(C)CCCC(C)CCCC(C)CCCC(=O)C(O)C(CO)(CO)CO. The van der Waals surface area contributed by atoms with Gasteiger partial charge in [0.05, 0.1) is 25.2 Å². The minimum absolute atomic E-state index is 0.207. The Morgan fingerprint density at radius 2 is 0.969 bits per heavy atom. The van der Waals surface area contributed by atoms with Crippen molar-refractivity contribution in [3.63, 3.8) is 0 Å². The van der Waals surface area contributed by atoms with E-state index >= 15 is 0 Å². The average molecular weight is 459 g/mol. The van der Waals surface area contributed by atoms with Crippen molar-refractivity contribution in [2.24, 2.45) is 29.1 Å². The second-order valence-corrected chi connectivity index (χ2v) is 11.1. The van der Waals surface area contributed by atoms with Gasteiger partial charge in [-0.05, 0) is 30.1 Å². The Hall–Kier alpha value is -0.490. The van der Waals surface area contributed by atoms with Crippen LogP contribution in [0.2, 0.25) is 0 Å². The molecule has 0 aromatic carbocycles. The van der Waals surface area contributed by atoms with Crippen LogP contribution in [0.1, 0.15) is 112 Å². The maximum atomic E-state index is 12.2. The van der Waals surface area contributed by atoms with Crippen LogP contribution in [0.15, 0.2) is 0 Å². The Morgan fingerprint density at radius 1 is 0.625 bits per heavy atom. The Bertz CT molecular complexity index is 453. The smallest absolute Gasteiger partial charge is 0.162 e. The summed E-state index contributed by atoms with van der Waals surface area (Å²) in [5.74, 6) is 2.55. The fourth-order valence-corrected chi connectivity index (χ4v) is 4.45. The fourth-order valence-electron chi connectivity index (χ4n) is 4.45. The molecule has 0 radical (unpaired) electrons. The molecule has 4 atom stereocenters. The van der Waals surface area contributed by atoms with Gasteiger partial charge >= 0.3 is 0 Å². The van der Waals surface area contributed by atoms with Gasteiger partial charge in [-0.1, -0.05) is 98.8 Å². The van der Waals surface area contributed by atoms with Crippen LogP contribution in [0.4, 0.5) is 0 Å². The quantitative estimate of drug-likeness (QED) is 0.191. The molecule has 0 aromatic heterocycles. The Balaban J connectivity index is 3.92. The number of hydrogen-bond donors (Lipinski definition) is 4. The van der Waals surface area contributed by atoms with E-state index in [1.807, 2.05) is 0 Å². The molecule has 0 spiro atoms. The highest BCUT2D eigenvalue weighted by Crippen LogP contribution is 2.25. The summed E-state index contributed by atoms with van der Waals surface area (Å²) in [6.07, 6.45) is 12.0. The van der Waals surface area contributed by atoms with Gasteiger partial charge < -0.3 is 20.4 Å². The molecule has 0 saturated heterocycles. The molecule has 0 amide bonds. The fraction of sp³-hybridized carbons (Fsp3) is 0.963. The first-order chi connectivity index (χ1) is 15.1. The second kappa shape index (κ2) is 17.9. The number of hydrogen-bond acceptors (Lipinski definition) is 5. The summed E-state index contributed by atoms with van der Waals surface area (Å²) in [5.41, 5.74) is -1.55. The predicted octanol–water partition coefficient (Wildman–Crippen LogP) is 5.13. The molecule has 4 N–H and O–H groups in total. The molecule has 0 rings (SSSR count). The monoisotopic (exact) mass is 458 g/mol. The van der Waals surface area contributed by atoms with Gasteiger partial charge in [0, 0.05) is 6.42 Å². The van der Waals surface area contributed by atoms with Crippen LogP contribution in [0, 0.1) is 29.1 Å². The number of carbonyl (C=O) groups is 1. The van der Waals surface area contributed by atoms with Gasteiger partial charge in [0.25, 0.3) is 0 Å². The minimum atomic E-state index is -1.55. The van der Waals surface area contributed by atoms with Crippen molar-refractivity contribution in [2.75, 3.05) is 19.8 Å². The highest BCUT2D eigenvalue weighted by molar-refractivity contribution is 5.83. The molecule has 0 bridgehead atoms. The molecule has 0 aliphatic carbocycles. The van der Waals surface area contributed by atoms with Crippen LogP contribution in [-0.2, 0) is 4.79 Å². The number of aliphatic hydroxyl groups is 4. The normalized spacial score (nSPS) is 16.2. The highest BCUT2D eigenvalue weighted by atomic mass is 16.3. The number of aliphatic hydroxyl groups excluding tert-OH is 4. The minimum Gasteiger partial charge on any atom is -0.395 e. The molecule has 192 valence electrons. The maximum Gasteiger partial charge on any atom is 0.162 e. The molecule has 5 nitrogen and oxygen atoms in total. The molecule has 0 heterocycles. The highest BCUT2D eigenvalue weighted by Gasteiger charge is 2.40. The third-order valence-electron chi connectivity index (χ3n) is 7.22. The summed E-state index contributed by atoms with van der Waals surface area (Å²) in [4.78, 5) is 12.2. The van der Waals surface area contributed by atoms with Crippen LogP contribution in [0.3, 0.4) is 0 Å².